The van der Waals surface area contributed by atoms with Gasteiger partial charge in [0.2, 0.25) is 0 Å². The average Bonchev–Trinajstić information content (AvgIpc) is 3.38. The molecule has 1 saturated heterocycles. The standard InChI is InChI=1S/C30H27N3O2S/c34-28-26(24-18-10-11-19-25(24)32(28)20-21-12-4-1-5-13-21)27-29(35)33(23-16-8-3-9-17-23)30(36-27)31-22-14-6-2-7-15-22/h1-2,4-7,10-15,18-19,23H,3,8-9,16-17,20H2/b27-26-,31-30?. The van der Waals surface area contributed by atoms with Crippen molar-refractivity contribution in [1.82, 2.24) is 4.90 Å². The van der Waals surface area contributed by atoms with Crippen molar-refractivity contribution in [2.75, 3.05) is 4.90 Å². The molecule has 180 valence electrons. The molecule has 0 spiro atoms. The summed E-state index contributed by atoms with van der Waals surface area (Å²) in [5, 5.41) is 0.674. The van der Waals surface area contributed by atoms with Crippen molar-refractivity contribution < 1.29 is 9.59 Å². The first kappa shape index (κ1) is 22.8. The van der Waals surface area contributed by atoms with Crippen LogP contribution in [0, 0.1) is 0 Å². The quantitative estimate of drug-likeness (QED) is 0.388. The molecular weight excluding hydrogens is 466 g/mol. The number of rotatable bonds is 4. The molecule has 0 unspecified atom stereocenters. The predicted octanol–water partition coefficient (Wildman–Crippen LogP) is 6.54. The van der Waals surface area contributed by atoms with Crippen molar-refractivity contribution in [2.45, 2.75) is 44.7 Å². The predicted molar refractivity (Wildman–Crippen MR) is 146 cm³/mol. The number of carbonyl (C=O) groups excluding carboxylic acids is 2. The van der Waals surface area contributed by atoms with Crippen LogP contribution < -0.4 is 4.90 Å². The van der Waals surface area contributed by atoms with Crippen molar-refractivity contribution in [3.63, 3.8) is 0 Å². The van der Waals surface area contributed by atoms with E-state index in [-0.39, 0.29) is 17.9 Å². The van der Waals surface area contributed by atoms with Crippen LogP contribution in [-0.2, 0) is 16.1 Å². The lowest BCUT2D eigenvalue weighted by molar-refractivity contribution is -0.124. The lowest BCUT2D eigenvalue weighted by Gasteiger charge is -2.30. The van der Waals surface area contributed by atoms with E-state index in [9.17, 15) is 9.59 Å². The zero-order chi connectivity index (χ0) is 24.5. The molecule has 6 rings (SSSR count). The molecule has 2 fully saturated rings. The highest BCUT2D eigenvalue weighted by molar-refractivity contribution is 8.18. The van der Waals surface area contributed by atoms with Gasteiger partial charge < -0.3 is 4.90 Å². The number of hydrogen-bond donors (Lipinski definition) is 0. The molecule has 1 saturated carbocycles. The summed E-state index contributed by atoms with van der Waals surface area (Å²) in [6.45, 7) is 0.462. The van der Waals surface area contributed by atoms with Gasteiger partial charge in [0, 0.05) is 11.6 Å². The third-order valence-electron chi connectivity index (χ3n) is 7.07. The summed E-state index contributed by atoms with van der Waals surface area (Å²) >= 11 is 1.35. The highest BCUT2D eigenvalue weighted by Gasteiger charge is 2.44. The van der Waals surface area contributed by atoms with Crippen LogP contribution in [0.15, 0.2) is 94.8 Å². The normalized spacial score (nSPS) is 21.5. The molecule has 6 heteroatoms. The molecule has 0 bridgehead atoms. The van der Waals surface area contributed by atoms with Gasteiger partial charge in [-0.3, -0.25) is 14.5 Å². The molecule has 0 atom stereocenters. The molecule has 0 radical (unpaired) electrons. The smallest absolute Gasteiger partial charge is 0.267 e. The molecule has 3 aliphatic rings. The summed E-state index contributed by atoms with van der Waals surface area (Å²) in [6, 6.07) is 27.6. The minimum Gasteiger partial charge on any atom is -0.303 e. The molecular formula is C30H27N3O2S. The van der Waals surface area contributed by atoms with Crippen molar-refractivity contribution in [3.05, 3.63) is 101 Å². The van der Waals surface area contributed by atoms with E-state index in [2.05, 4.69) is 0 Å². The van der Waals surface area contributed by atoms with Crippen LogP contribution in [0.25, 0.3) is 5.57 Å². The van der Waals surface area contributed by atoms with Crippen LogP contribution in [0.3, 0.4) is 0 Å². The third-order valence-corrected chi connectivity index (χ3v) is 8.12. The highest BCUT2D eigenvalue weighted by Crippen LogP contribution is 2.46. The first-order valence-corrected chi connectivity index (χ1v) is 13.4. The van der Waals surface area contributed by atoms with Gasteiger partial charge in [-0.2, -0.15) is 0 Å². The first-order valence-electron chi connectivity index (χ1n) is 12.6. The Balaban J connectivity index is 1.44. The van der Waals surface area contributed by atoms with Crippen molar-refractivity contribution in [2.24, 2.45) is 4.99 Å². The van der Waals surface area contributed by atoms with Crippen LogP contribution in [0.1, 0.15) is 43.2 Å². The Morgan fingerprint density at radius 2 is 1.44 bits per heavy atom. The Bertz CT molecular complexity index is 1360. The summed E-state index contributed by atoms with van der Waals surface area (Å²) in [7, 11) is 0. The molecule has 3 aromatic carbocycles. The number of anilines is 1. The Labute approximate surface area is 215 Å². The average molecular weight is 494 g/mol. The number of aliphatic imine (C=N–C) groups is 1. The molecule has 1 aliphatic carbocycles. The van der Waals surface area contributed by atoms with Crippen LogP contribution in [0.2, 0.25) is 0 Å². The summed E-state index contributed by atoms with van der Waals surface area (Å²) in [6.07, 6.45) is 5.35. The Morgan fingerprint density at radius 1 is 0.778 bits per heavy atom. The first-order chi connectivity index (χ1) is 17.7. The zero-order valence-corrected chi connectivity index (χ0v) is 20.8. The molecule has 0 N–H and O–H groups in total. The van der Waals surface area contributed by atoms with Crippen molar-refractivity contribution >= 4 is 45.7 Å². The summed E-state index contributed by atoms with van der Waals surface area (Å²) in [5.74, 6) is -0.221. The number of thioether (sulfide) groups is 1. The monoisotopic (exact) mass is 493 g/mol. The Morgan fingerprint density at radius 3 is 2.19 bits per heavy atom. The minimum atomic E-state index is -0.125. The SMILES string of the molecule is O=C1/C(=C2\SC(=Nc3ccccc3)N(C3CCCCC3)C2=O)c2ccccc2N1Cc1ccccc1. The maximum Gasteiger partial charge on any atom is 0.267 e. The molecule has 36 heavy (non-hydrogen) atoms. The number of para-hydroxylation sites is 2. The highest BCUT2D eigenvalue weighted by atomic mass is 32.2. The maximum atomic E-state index is 14.0. The van der Waals surface area contributed by atoms with Gasteiger partial charge in [-0.1, -0.05) is 86.0 Å². The van der Waals surface area contributed by atoms with Crippen LogP contribution in [0.4, 0.5) is 11.4 Å². The fourth-order valence-corrected chi connectivity index (χ4v) is 6.46. The van der Waals surface area contributed by atoms with Gasteiger partial charge in [0.25, 0.3) is 11.8 Å². The summed E-state index contributed by atoms with van der Waals surface area (Å²) < 4.78 is 0. The molecule has 5 nitrogen and oxygen atoms in total. The second-order valence-electron chi connectivity index (χ2n) is 9.40. The maximum absolute atomic E-state index is 14.0. The van der Waals surface area contributed by atoms with E-state index in [4.69, 9.17) is 4.99 Å². The third kappa shape index (κ3) is 4.16. The number of amides is 2. The van der Waals surface area contributed by atoms with Gasteiger partial charge in [0.1, 0.15) is 0 Å². The van der Waals surface area contributed by atoms with Crippen molar-refractivity contribution in [1.29, 1.82) is 0 Å². The largest absolute Gasteiger partial charge is 0.303 e. The van der Waals surface area contributed by atoms with Gasteiger partial charge in [-0.25, -0.2) is 4.99 Å². The number of benzene rings is 3. The van der Waals surface area contributed by atoms with E-state index in [0.29, 0.717) is 22.2 Å². The Kier molecular flexibility index (Phi) is 6.20. The number of amidine groups is 1. The molecule has 2 aliphatic heterocycles. The zero-order valence-electron chi connectivity index (χ0n) is 20.0. The lowest BCUT2D eigenvalue weighted by Crippen LogP contribution is -2.40. The second kappa shape index (κ2) is 9.78. The molecule has 2 heterocycles. The van der Waals surface area contributed by atoms with Crippen LogP contribution in [0.5, 0.6) is 0 Å². The van der Waals surface area contributed by atoms with E-state index in [1.54, 1.807) is 4.90 Å². The van der Waals surface area contributed by atoms with E-state index < -0.39 is 0 Å². The fourth-order valence-electron chi connectivity index (χ4n) is 5.31. The van der Waals surface area contributed by atoms with Gasteiger partial charge in [0.15, 0.2) is 5.17 Å². The summed E-state index contributed by atoms with van der Waals surface area (Å²) in [4.78, 5) is 36.9. The van der Waals surface area contributed by atoms with Crippen LogP contribution in [-0.4, -0.2) is 27.9 Å². The summed E-state index contributed by atoms with van der Waals surface area (Å²) in [5.41, 5.74) is 4.02. The molecule has 0 aromatic heterocycles. The topological polar surface area (TPSA) is 53.0 Å². The number of carbonyl (C=O) groups is 2. The van der Waals surface area contributed by atoms with Gasteiger partial charge in [0.05, 0.1) is 28.4 Å². The van der Waals surface area contributed by atoms with E-state index in [1.807, 2.05) is 89.8 Å². The van der Waals surface area contributed by atoms with Gasteiger partial charge in [-0.05, 0) is 48.4 Å². The van der Waals surface area contributed by atoms with E-state index in [1.165, 1.54) is 18.2 Å². The minimum absolute atomic E-state index is 0.0960. The Hall–Kier alpha value is -3.64. The van der Waals surface area contributed by atoms with Gasteiger partial charge >= 0.3 is 0 Å². The fraction of sp³-hybridized carbons (Fsp3) is 0.233. The van der Waals surface area contributed by atoms with E-state index >= 15 is 0 Å². The molecule has 3 aromatic rings. The lowest BCUT2D eigenvalue weighted by atomic mass is 9.94. The van der Waals surface area contributed by atoms with E-state index in [0.717, 1.165) is 48.2 Å². The molecule has 2 amide bonds. The van der Waals surface area contributed by atoms with Gasteiger partial charge in [-0.15, -0.1) is 0 Å². The van der Waals surface area contributed by atoms with Crippen LogP contribution >= 0.6 is 11.8 Å². The second-order valence-corrected chi connectivity index (χ2v) is 10.4. The number of hydrogen-bond acceptors (Lipinski definition) is 4. The number of fused-ring (bicyclic) bond motifs is 1. The number of nitrogens with zero attached hydrogens (tertiary/aromatic N) is 3. The van der Waals surface area contributed by atoms with Crippen molar-refractivity contribution in [3.8, 4) is 0 Å².